The molecule has 4 nitrogen and oxygen atoms in total. The van der Waals surface area contributed by atoms with Gasteiger partial charge in [-0.05, 0) is 39.0 Å². The number of nitrogens with one attached hydrogen (secondary N) is 1. The second-order valence-corrected chi connectivity index (χ2v) is 5.85. The SMILES string of the molecule is CCC(C)(C)NC(=O)C1CC(C)CC1C(=O)O. The quantitative estimate of drug-likeness (QED) is 0.791. The van der Waals surface area contributed by atoms with E-state index in [2.05, 4.69) is 5.32 Å². The topological polar surface area (TPSA) is 66.4 Å². The zero-order valence-corrected chi connectivity index (χ0v) is 11.1. The highest BCUT2D eigenvalue weighted by Gasteiger charge is 2.42. The fourth-order valence-corrected chi connectivity index (χ4v) is 2.37. The van der Waals surface area contributed by atoms with Gasteiger partial charge in [-0.3, -0.25) is 9.59 Å². The minimum absolute atomic E-state index is 0.103. The molecule has 1 fully saturated rings. The molecule has 1 saturated carbocycles. The molecular weight excluding hydrogens is 218 g/mol. The van der Waals surface area contributed by atoms with Crippen LogP contribution in [0.4, 0.5) is 0 Å². The van der Waals surface area contributed by atoms with E-state index in [0.29, 0.717) is 18.8 Å². The summed E-state index contributed by atoms with van der Waals surface area (Å²) in [5, 5.41) is 12.1. The summed E-state index contributed by atoms with van der Waals surface area (Å²) in [5.74, 6) is -1.51. The van der Waals surface area contributed by atoms with E-state index in [4.69, 9.17) is 5.11 Å². The number of carbonyl (C=O) groups is 2. The predicted molar refractivity (Wildman–Crippen MR) is 65.5 cm³/mol. The van der Waals surface area contributed by atoms with Gasteiger partial charge in [0.25, 0.3) is 0 Å². The molecule has 0 saturated heterocycles. The molecule has 0 radical (unpaired) electrons. The van der Waals surface area contributed by atoms with E-state index in [1.807, 2.05) is 27.7 Å². The number of hydrogen-bond acceptors (Lipinski definition) is 2. The van der Waals surface area contributed by atoms with Crippen LogP contribution < -0.4 is 5.32 Å². The van der Waals surface area contributed by atoms with E-state index < -0.39 is 11.9 Å². The summed E-state index contributed by atoms with van der Waals surface area (Å²) in [4.78, 5) is 23.2. The Morgan fingerprint density at radius 2 is 1.82 bits per heavy atom. The lowest BCUT2D eigenvalue weighted by Crippen LogP contribution is -2.47. The Morgan fingerprint density at radius 1 is 1.29 bits per heavy atom. The Kier molecular flexibility index (Phi) is 4.17. The largest absolute Gasteiger partial charge is 0.481 e. The number of carboxylic acids is 1. The van der Waals surface area contributed by atoms with Crippen LogP contribution in [0.1, 0.15) is 47.0 Å². The summed E-state index contributed by atoms with van der Waals surface area (Å²) in [7, 11) is 0. The average Bonchev–Trinajstić information content (AvgIpc) is 2.60. The van der Waals surface area contributed by atoms with E-state index in [0.717, 1.165) is 6.42 Å². The lowest BCUT2D eigenvalue weighted by Gasteiger charge is -2.27. The summed E-state index contributed by atoms with van der Waals surface area (Å²) < 4.78 is 0. The molecule has 1 rings (SSSR count). The monoisotopic (exact) mass is 241 g/mol. The summed E-state index contributed by atoms with van der Waals surface area (Å²) >= 11 is 0. The van der Waals surface area contributed by atoms with Crippen LogP contribution in [-0.2, 0) is 9.59 Å². The third-order valence-corrected chi connectivity index (χ3v) is 3.80. The molecule has 3 unspecified atom stereocenters. The van der Waals surface area contributed by atoms with Crippen LogP contribution in [-0.4, -0.2) is 22.5 Å². The Hall–Kier alpha value is -1.06. The number of carboxylic acid groups (broad SMARTS) is 1. The highest BCUT2D eigenvalue weighted by Crippen LogP contribution is 2.36. The van der Waals surface area contributed by atoms with Gasteiger partial charge in [0.15, 0.2) is 0 Å². The van der Waals surface area contributed by atoms with Crippen molar-refractivity contribution < 1.29 is 14.7 Å². The van der Waals surface area contributed by atoms with E-state index >= 15 is 0 Å². The van der Waals surface area contributed by atoms with Gasteiger partial charge in [0.2, 0.25) is 5.91 Å². The minimum Gasteiger partial charge on any atom is -0.481 e. The lowest BCUT2D eigenvalue weighted by atomic mass is 9.93. The Morgan fingerprint density at radius 3 is 2.29 bits per heavy atom. The second-order valence-electron chi connectivity index (χ2n) is 5.85. The van der Waals surface area contributed by atoms with Crippen LogP contribution in [0.5, 0.6) is 0 Å². The Bertz CT molecular complexity index is 312. The molecule has 0 aromatic carbocycles. The van der Waals surface area contributed by atoms with Crippen molar-refractivity contribution in [2.75, 3.05) is 0 Å². The van der Waals surface area contributed by atoms with Crippen LogP contribution in [0.2, 0.25) is 0 Å². The minimum atomic E-state index is -0.844. The van der Waals surface area contributed by atoms with E-state index in [9.17, 15) is 9.59 Å². The average molecular weight is 241 g/mol. The zero-order chi connectivity index (χ0) is 13.2. The van der Waals surface area contributed by atoms with Crippen molar-refractivity contribution in [1.82, 2.24) is 5.32 Å². The summed E-state index contributed by atoms with van der Waals surface area (Å²) in [6.07, 6.45) is 2.13. The van der Waals surface area contributed by atoms with Crippen molar-refractivity contribution >= 4 is 11.9 Å². The number of aliphatic carboxylic acids is 1. The molecule has 4 heteroatoms. The Balaban J connectivity index is 2.71. The molecule has 1 aliphatic carbocycles. The van der Waals surface area contributed by atoms with Gasteiger partial charge in [0.1, 0.15) is 0 Å². The third-order valence-electron chi connectivity index (χ3n) is 3.80. The molecule has 0 heterocycles. The maximum absolute atomic E-state index is 12.1. The van der Waals surface area contributed by atoms with E-state index in [1.165, 1.54) is 0 Å². The van der Waals surface area contributed by atoms with Gasteiger partial charge < -0.3 is 10.4 Å². The molecule has 1 aliphatic rings. The van der Waals surface area contributed by atoms with Gasteiger partial charge in [-0.1, -0.05) is 13.8 Å². The summed E-state index contributed by atoms with van der Waals surface area (Å²) in [5.41, 5.74) is -0.258. The molecule has 0 aromatic heterocycles. The molecule has 3 atom stereocenters. The number of hydrogen-bond donors (Lipinski definition) is 2. The van der Waals surface area contributed by atoms with Crippen molar-refractivity contribution in [2.24, 2.45) is 17.8 Å². The maximum atomic E-state index is 12.1. The van der Waals surface area contributed by atoms with Crippen LogP contribution >= 0.6 is 0 Å². The predicted octanol–water partition coefficient (Wildman–Crippen LogP) is 2.04. The van der Waals surface area contributed by atoms with Gasteiger partial charge in [-0.2, -0.15) is 0 Å². The highest BCUT2D eigenvalue weighted by molar-refractivity contribution is 5.85. The van der Waals surface area contributed by atoms with Crippen molar-refractivity contribution in [3.63, 3.8) is 0 Å². The van der Waals surface area contributed by atoms with Crippen molar-refractivity contribution in [3.8, 4) is 0 Å². The fraction of sp³-hybridized carbons (Fsp3) is 0.846. The molecular formula is C13H23NO3. The molecule has 2 N–H and O–H groups in total. The van der Waals surface area contributed by atoms with E-state index in [1.54, 1.807) is 0 Å². The summed E-state index contributed by atoms with van der Waals surface area (Å²) in [6.45, 7) is 7.93. The second kappa shape index (κ2) is 5.07. The first-order chi connectivity index (χ1) is 7.76. The number of rotatable bonds is 4. The van der Waals surface area contributed by atoms with Crippen molar-refractivity contribution in [3.05, 3.63) is 0 Å². The van der Waals surface area contributed by atoms with E-state index in [-0.39, 0.29) is 17.4 Å². The van der Waals surface area contributed by atoms with Gasteiger partial charge in [-0.15, -0.1) is 0 Å². The normalized spacial score (nSPS) is 29.1. The van der Waals surface area contributed by atoms with Crippen LogP contribution in [0.3, 0.4) is 0 Å². The van der Waals surface area contributed by atoms with Crippen LogP contribution in [0.15, 0.2) is 0 Å². The van der Waals surface area contributed by atoms with Crippen molar-refractivity contribution in [1.29, 1.82) is 0 Å². The zero-order valence-electron chi connectivity index (χ0n) is 11.1. The maximum Gasteiger partial charge on any atom is 0.307 e. The molecule has 98 valence electrons. The standard InChI is InChI=1S/C13H23NO3/c1-5-13(3,4)14-11(15)9-6-8(2)7-10(9)12(16)17/h8-10H,5-7H2,1-4H3,(H,14,15)(H,16,17). The molecule has 0 bridgehead atoms. The van der Waals surface area contributed by atoms with Crippen LogP contribution in [0, 0.1) is 17.8 Å². The third kappa shape index (κ3) is 3.45. The molecule has 0 aliphatic heterocycles. The van der Waals surface area contributed by atoms with Gasteiger partial charge >= 0.3 is 5.97 Å². The highest BCUT2D eigenvalue weighted by atomic mass is 16.4. The lowest BCUT2D eigenvalue weighted by molar-refractivity contribution is -0.146. The Labute approximate surface area is 103 Å². The van der Waals surface area contributed by atoms with Gasteiger partial charge in [0, 0.05) is 5.54 Å². The number of amides is 1. The first-order valence-electron chi connectivity index (χ1n) is 6.31. The number of carbonyl (C=O) groups excluding carboxylic acids is 1. The molecule has 17 heavy (non-hydrogen) atoms. The first-order valence-corrected chi connectivity index (χ1v) is 6.31. The first kappa shape index (κ1) is 14.0. The molecule has 1 amide bonds. The van der Waals surface area contributed by atoms with Crippen molar-refractivity contribution in [2.45, 2.75) is 52.5 Å². The van der Waals surface area contributed by atoms with Gasteiger partial charge in [0.05, 0.1) is 11.8 Å². The summed E-state index contributed by atoms with van der Waals surface area (Å²) in [6, 6.07) is 0. The fourth-order valence-electron chi connectivity index (χ4n) is 2.37. The molecule has 0 aromatic rings. The smallest absolute Gasteiger partial charge is 0.307 e. The molecule has 0 spiro atoms. The van der Waals surface area contributed by atoms with Gasteiger partial charge in [-0.25, -0.2) is 0 Å². The van der Waals surface area contributed by atoms with Crippen LogP contribution in [0.25, 0.3) is 0 Å².